The topological polar surface area (TPSA) is 105 Å². The second-order valence-electron chi connectivity index (χ2n) is 8.77. The first-order valence-electron chi connectivity index (χ1n) is 10.7. The van der Waals surface area contributed by atoms with Crippen molar-refractivity contribution in [2.45, 2.75) is 49.4 Å². The van der Waals surface area contributed by atoms with Crippen LogP contribution in [0.3, 0.4) is 0 Å². The molecule has 0 heterocycles. The fourth-order valence-electron chi connectivity index (χ4n) is 4.36. The maximum absolute atomic E-state index is 13.3. The molecule has 1 fully saturated rings. The van der Waals surface area contributed by atoms with Crippen molar-refractivity contribution in [2.24, 2.45) is 0 Å². The first kappa shape index (κ1) is 23.6. The van der Waals surface area contributed by atoms with E-state index in [4.69, 9.17) is 9.84 Å². The lowest BCUT2D eigenvalue weighted by atomic mass is 9.75. The van der Waals surface area contributed by atoms with E-state index in [9.17, 15) is 27.6 Å². The van der Waals surface area contributed by atoms with Gasteiger partial charge in [-0.2, -0.15) is 13.2 Å². The third-order valence-electron chi connectivity index (χ3n) is 6.68. The van der Waals surface area contributed by atoms with Gasteiger partial charge in [0.2, 0.25) is 11.4 Å². The minimum atomic E-state index is -5.23. The van der Waals surface area contributed by atoms with E-state index >= 15 is 0 Å². The number of benzene rings is 2. The molecule has 34 heavy (non-hydrogen) atoms. The Bertz CT molecular complexity index is 1100. The Balaban J connectivity index is 1.45. The van der Waals surface area contributed by atoms with Gasteiger partial charge in [-0.15, -0.1) is 0 Å². The van der Waals surface area contributed by atoms with Gasteiger partial charge in [-0.3, -0.25) is 4.79 Å². The van der Waals surface area contributed by atoms with Gasteiger partial charge in [0.25, 0.3) is 0 Å². The number of halogens is 3. The van der Waals surface area contributed by atoms with Crippen LogP contribution in [0.5, 0.6) is 0 Å². The van der Waals surface area contributed by atoms with Crippen molar-refractivity contribution in [2.75, 3.05) is 6.61 Å². The monoisotopic (exact) mass is 476 g/mol. The molecule has 1 atom stereocenters. The highest BCUT2D eigenvalue weighted by molar-refractivity contribution is 5.95. The van der Waals surface area contributed by atoms with E-state index in [1.165, 1.54) is 0 Å². The van der Waals surface area contributed by atoms with Gasteiger partial charge in [0.05, 0.1) is 0 Å². The molecule has 0 saturated heterocycles. The molecule has 180 valence electrons. The highest BCUT2D eigenvalue weighted by Gasteiger charge is 2.60. The molecule has 2 aromatic carbocycles. The third kappa shape index (κ3) is 3.86. The SMILES string of the molecule is CC(NC(=O)C1(NC(=O)OCC2c3ccccc3-c3ccccc32)CCC1)(C(=O)O)C(F)(F)F. The van der Waals surface area contributed by atoms with Crippen LogP contribution in [0.4, 0.5) is 18.0 Å². The number of hydrogen-bond donors (Lipinski definition) is 3. The molecule has 0 radical (unpaired) electrons. The van der Waals surface area contributed by atoms with Gasteiger partial charge in [-0.1, -0.05) is 48.5 Å². The van der Waals surface area contributed by atoms with Crippen LogP contribution in [-0.2, 0) is 14.3 Å². The highest BCUT2D eigenvalue weighted by atomic mass is 19.4. The molecule has 0 aromatic heterocycles. The molecule has 3 N–H and O–H groups in total. The van der Waals surface area contributed by atoms with Crippen molar-refractivity contribution < 1.29 is 37.4 Å². The molecule has 10 heteroatoms. The Hall–Kier alpha value is -3.56. The molecule has 1 unspecified atom stereocenters. The number of rotatable bonds is 6. The lowest BCUT2D eigenvalue weighted by molar-refractivity contribution is -0.208. The molecule has 7 nitrogen and oxygen atoms in total. The molecule has 4 rings (SSSR count). The number of amides is 2. The van der Waals surface area contributed by atoms with Crippen LogP contribution >= 0.6 is 0 Å². The largest absolute Gasteiger partial charge is 0.479 e. The lowest BCUT2D eigenvalue weighted by Gasteiger charge is -2.42. The maximum Gasteiger partial charge on any atom is 0.422 e. The van der Waals surface area contributed by atoms with Gasteiger partial charge < -0.3 is 20.5 Å². The number of carbonyl (C=O) groups is 3. The van der Waals surface area contributed by atoms with E-state index in [2.05, 4.69) is 5.32 Å². The number of alkyl carbamates (subject to hydrolysis) is 1. The first-order valence-corrected chi connectivity index (χ1v) is 10.7. The van der Waals surface area contributed by atoms with Crippen molar-refractivity contribution in [1.29, 1.82) is 0 Å². The van der Waals surface area contributed by atoms with Crippen LogP contribution < -0.4 is 10.6 Å². The van der Waals surface area contributed by atoms with Gasteiger partial charge in [0.15, 0.2) is 0 Å². The number of alkyl halides is 3. The Labute approximate surface area is 193 Å². The number of hydrogen-bond acceptors (Lipinski definition) is 4. The smallest absolute Gasteiger partial charge is 0.422 e. The molecule has 0 spiro atoms. The molecule has 0 bridgehead atoms. The summed E-state index contributed by atoms with van der Waals surface area (Å²) in [6, 6.07) is 15.4. The van der Waals surface area contributed by atoms with E-state index in [0.29, 0.717) is 13.3 Å². The average molecular weight is 476 g/mol. The van der Waals surface area contributed by atoms with E-state index in [1.807, 2.05) is 48.5 Å². The zero-order valence-electron chi connectivity index (χ0n) is 18.2. The molecule has 2 aliphatic carbocycles. The van der Waals surface area contributed by atoms with E-state index in [1.54, 1.807) is 5.32 Å². The van der Waals surface area contributed by atoms with Gasteiger partial charge in [-0.25, -0.2) is 9.59 Å². The predicted octanol–water partition coefficient (Wildman–Crippen LogP) is 3.97. The zero-order chi connectivity index (χ0) is 24.7. The summed E-state index contributed by atoms with van der Waals surface area (Å²) < 4.78 is 45.3. The number of nitrogens with one attached hydrogen (secondary N) is 2. The predicted molar refractivity (Wildman–Crippen MR) is 115 cm³/mol. The number of aliphatic carboxylic acids is 1. The number of fused-ring (bicyclic) bond motifs is 3. The quantitative estimate of drug-likeness (QED) is 0.585. The van der Waals surface area contributed by atoms with Crippen LogP contribution in [0.25, 0.3) is 11.1 Å². The van der Waals surface area contributed by atoms with Gasteiger partial charge in [0, 0.05) is 5.92 Å². The Morgan fingerprint density at radius 2 is 1.56 bits per heavy atom. The molecular formula is C24H23F3N2O5. The summed E-state index contributed by atoms with van der Waals surface area (Å²) >= 11 is 0. The van der Waals surface area contributed by atoms with Crippen LogP contribution in [0.2, 0.25) is 0 Å². The number of carboxylic acids is 1. The number of carboxylic acid groups (broad SMARTS) is 1. The van der Waals surface area contributed by atoms with Crippen LogP contribution in [0.15, 0.2) is 48.5 Å². The van der Waals surface area contributed by atoms with Gasteiger partial charge in [-0.05, 0) is 48.4 Å². The molecule has 2 aliphatic rings. The second kappa shape index (κ2) is 8.34. The fourth-order valence-corrected chi connectivity index (χ4v) is 4.36. The highest BCUT2D eigenvalue weighted by Crippen LogP contribution is 2.44. The van der Waals surface area contributed by atoms with E-state index in [-0.39, 0.29) is 25.4 Å². The summed E-state index contributed by atoms with van der Waals surface area (Å²) in [5.41, 5.74) is -1.13. The minimum Gasteiger partial charge on any atom is -0.479 e. The summed E-state index contributed by atoms with van der Waals surface area (Å²) in [7, 11) is 0. The number of ether oxygens (including phenoxy) is 1. The maximum atomic E-state index is 13.3. The Morgan fingerprint density at radius 1 is 1.03 bits per heavy atom. The molecule has 2 aromatic rings. The van der Waals surface area contributed by atoms with Crippen molar-refractivity contribution in [3.8, 4) is 11.1 Å². The summed E-state index contributed by atoms with van der Waals surface area (Å²) in [5.74, 6) is -3.69. The summed E-state index contributed by atoms with van der Waals surface area (Å²) in [6.07, 6.45) is -5.58. The van der Waals surface area contributed by atoms with Crippen LogP contribution in [0.1, 0.15) is 43.2 Å². The standard InChI is InChI=1S/C24H23F3N2O5/c1-22(20(31)32,24(25,26)27)28-19(30)23(11-6-12-23)29-21(33)34-13-18-16-9-4-2-7-14(16)15-8-3-5-10-17(15)18/h2-5,7-10,18H,6,11-13H2,1H3,(H,28,30)(H,29,33)(H,31,32). The Morgan fingerprint density at radius 3 is 2.00 bits per heavy atom. The average Bonchev–Trinajstić information content (AvgIpc) is 3.07. The second-order valence-corrected chi connectivity index (χ2v) is 8.77. The third-order valence-corrected chi connectivity index (χ3v) is 6.68. The van der Waals surface area contributed by atoms with Gasteiger partial charge >= 0.3 is 18.2 Å². The van der Waals surface area contributed by atoms with Crippen LogP contribution in [-0.4, -0.2) is 46.9 Å². The summed E-state index contributed by atoms with van der Waals surface area (Å²) in [6.45, 7) is 0.333. The molecule has 2 amide bonds. The van der Waals surface area contributed by atoms with Crippen molar-refractivity contribution in [3.63, 3.8) is 0 Å². The fraction of sp³-hybridized carbons (Fsp3) is 0.375. The van der Waals surface area contributed by atoms with Crippen molar-refractivity contribution in [3.05, 3.63) is 59.7 Å². The number of carbonyl (C=O) groups excluding carboxylic acids is 2. The summed E-state index contributed by atoms with van der Waals surface area (Å²) in [4.78, 5) is 36.5. The molecular weight excluding hydrogens is 453 g/mol. The molecule has 0 aliphatic heterocycles. The molecule has 1 saturated carbocycles. The normalized spacial score (nSPS) is 18.0. The van der Waals surface area contributed by atoms with Crippen molar-refractivity contribution >= 4 is 18.0 Å². The van der Waals surface area contributed by atoms with E-state index < -0.39 is 35.2 Å². The minimum absolute atomic E-state index is 0.0348. The van der Waals surface area contributed by atoms with Crippen LogP contribution in [0, 0.1) is 0 Å². The lowest BCUT2D eigenvalue weighted by Crippen LogP contribution is -2.70. The van der Waals surface area contributed by atoms with Crippen molar-refractivity contribution in [1.82, 2.24) is 10.6 Å². The van der Waals surface area contributed by atoms with Gasteiger partial charge in [0.1, 0.15) is 12.1 Å². The Kier molecular flexibility index (Phi) is 5.79. The summed E-state index contributed by atoms with van der Waals surface area (Å²) in [5, 5.41) is 13.0. The first-order chi connectivity index (χ1) is 16.0. The van der Waals surface area contributed by atoms with E-state index in [0.717, 1.165) is 22.3 Å². The zero-order valence-corrected chi connectivity index (χ0v) is 18.2.